The number of rotatable bonds is 5. The molecule has 0 amide bonds. The molecule has 1 atom stereocenters. The molecule has 0 aliphatic carbocycles. The van der Waals surface area contributed by atoms with Crippen LogP contribution in [0.3, 0.4) is 0 Å². The van der Waals surface area contributed by atoms with E-state index < -0.39 is 18.0 Å². The Morgan fingerprint density at radius 3 is 2.27 bits per heavy atom. The molecule has 0 heterocycles. The van der Waals surface area contributed by atoms with Gasteiger partial charge in [-0.2, -0.15) is 5.84 Å². The lowest BCUT2D eigenvalue weighted by molar-refractivity contribution is -0.140. The smallest absolute Gasteiger partial charge is 0.322 e. The molecule has 0 rings (SSSR count). The highest BCUT2D eigenvalue weighted by Gasteiger charge is 2.16. The second-order valence-electron chi connectivity index (χ2n) is 1.97. The first-order valence-corrected chi connectivity index (χ1v) is 2.94. The summed E-state index contributed by atoms with van der Waals surface area (Å²) >= 11 is 0. The quantitative estimate of drug-likeness (QED) is 0.452. The number of nitrogens with one attached hydrogen (secondary N) is 2. The maximum Gasteiger partial charge on any atom is 0.322 e. The average molecular weight is 161 g/mol. The number of carbonyl (C=O) groups is 2. The van der Waals surface area contributed by atoms with Gasteiger partial charge in [-0.15, -0.1) is 0 Å². The van der Waals surface area contributed by atoms with Crippen LogP contribution in [0.4, 0.5) is 0 Å². The molecule has 0 unspecified atom stereocenters. The molecule has 0 aliphatic heterocycles. The maximum atomic E-state index is 10.2. The fourth-order valence-electron chi connectivity index (χ4n) is 0.525. The van der Waals surface area contributed by atoms with Gasteiger partial charge in [-0.05, 0) is 6.42 Å². The Bertz CT molecular complexity index is 159. The van der Waals surface area contributed by atoms with E-state index in [2.05, 4.69) is 0 Å². The highest BCUT2D eigenvalue weighted by Crippen LogP contribution is 1.95. The minimum Gasteiger partial charge on any atom is -0.481 e. The van der Waals surface area contributed by atoms with Gasteiger partial charge in [0.2, 0.25) is 0 Å². The van der Waals surface area contributed by atoms with Crippen LogP contribution < -0.4 is 11.3 Å². The molecule has 0 bridgehead atoms. The molecule has 0 fully saturated rings. The van der Waals surface area contributed by atoms with Gasteiger partial charge in [0.1, 0.15) is 6.04 Å². The largest absolute Gasteiger partial charge is 0.481 e. The van der Waals surface area contributed by atoms with Gasteiger partial charge in [0, 0.05) is 6.42 Å². The van der Waals surface area contributed by atoms with Crippen molar-refractivity contribution in [3.8, 4) is 0 Å². The molecule has 0 spiro atoms. The molecular weight excluding hydrogens is 152 g/mol. The minimum absolute atomic E-state index is 0.0752. The Hall–Kier alpha value is -1.14. The van der Waals surface area contributed by atoms with Crippen LogP contribution in [0, 0.1) is 0 Å². The molecule has 0 saturated heterocycles. The second kappa shape index (κ2) is 4.64. The predicted octanol–water partition coefficient (Wildman–Crippen LogP) is -0.908. The molecular formula is C5H9N2O4. The lowest BCUT2D eigenvalue weighted by Crippen LogP contribution is -2.35. The van der Waals surface area contributed by atoms with E-state index in [1.54, 1.807) is 5.43 Å². The van der Waals surface area contributed by atoms with Gasteiger partial charge >= 0.3 is 11.9 Å². The van der Waals surface area contributed by atoms with Gasteiger partial charge in [0.05, 0.1) is 0 Å². The monoisotopic (exact) mass is 161 g/mol. The number of hydrogen-bond donors (Lipinski definition) is 3. The Labute approximate surface area is 63.0 Å². The molecule has 0 aliphatic rings. The van der Waals surface area contributed by atoms with Crippen LogP contribution in [0.5, 0.6) is 0 Å². The van der Waals surface area contributed by atoms with Crippen LogP contribution in [0.2, 0.25) is 0 Å². The van der Waals surface area contributed by atoms with Crippen molar-refractivity contribution >= 4 is 11.9 Å². The molecule has 0 saturated carbocycles. The van der Waals surface area contributed by atoms with E-state index in [9.17, 15) is 9.59 Å². The van der Waals surface area contributed by atoms with Gasteiger partial charge < -0.3 is 10.2 Å². The number of aliphatic carboxylic acids is 2. The summed E-state index contributed by atoms with van der Waals surface area (Å²) in [5.41, 5.74) is 1.74. The molecule has 1 radical (unpaired) electrons. The molecule has 0 aromatic carbocycles. The predicted molar refractivity (Wildman–Crippen MR) is 34.5 cm³/mol. The van der Waals surface area contributed by atoms with E-state index in [1.165, 1.54) is 0 Å². The Kier molecular flexibility index (Phi) is 4.16. The number of carboxylic acids is 2. The summed E-state index contributed by atoms with van der Waals surface area (Å²) < 4.78 is 0. The van der Waals surface area contributed by atoms with Crippen LogP contribution in [-0.2, 0) is 9.59 Å². The van der Waals surface area contributed by atoms with E-state index in [1.807, 2.05) is 0 Å². The SMILES string of the molecule is [NH]N[C@@H](CCC(=O)O)C(=O)O. The van der Waals surface area contributed by atoms with Crippen molar-refractivity contribution in [3.63, 3.8) is 0 Å². The number of hydrogen-bond acceptors (Lipinski definition) is 3. The number of carboxylic acid groups (broad SMARTS) is 2. The zero-order valence-electron chi connectivity index (χ0n) is 5.70. The topological polar surface area (TPSA) is 110 Å². The minimum atomic E-state index is -1.21. The van der Waals surface area contributed by atoms with Gasteiger partial charge in [0.25, 0.3) is 0 Å². The van der Waals surface area contributed by atoms with Crippen molar-refractivity contribution in [1.29, 1.82) is 0 Å². The van der Waals surface area contributed by atoms with E-state index >= 15 is 0 Å². The van der Waals surface area contributed by atoms with E-state index in [-0.39, 0.29) is 12.8 Å². The van der Waals surface area contributed by atoms with Crippen LogP contribution in [0.1, 0.15) is 12.8 Å². The summed E-state index contributed by atoms with van der Waals surface area (Å²) in [5, 5.41) is 16.5. The zero-order valence-corrected chi connectivity index (χ0v) is 5.70. The van der Waals surface area contributed by atoms with Crippen LogP contribution in [-0.4, -0.2) is 28.2 Å². The highest BCUT2D eigenvalue weighted by atomic mass is 16.4. The first kappa shape index (κ1) is 9.86. The lowest BCUT2D eigenvalue weighted by atomic mass is 10.2. The van der Waals surface area contributed by atoms with E-state index in [0.717, 1.165) is 0 Å². The lowest BCUT2D eigenvalue weighted by Gasteiger charge is -2.06. The highest BCUT2D eigenvalue weighted by molar-refractivity contribution is 5.74. The normalized spacial score (nSPS) is 12.5. The third kappa shape index (κ3) is 4.29. The maximum absolute atomic E-state index is 10.2. The summed E-state index contributed by atoms with van der Waals surface area (Å²) in [5.74, 6) is 4.24. The van der Waals surface area contributed by atoms with Gasteiger partial charge in [-0.1, -0.05) is 0 Å². The fraction of sp³-hybridized carbons (Fsp3) is 0.600. The summed E-state index contributed by atoms with van der Waals surface area (Å²) in [4.78, 5) is 20.1. The molecule has 4 N–H and O–H groups in total. The van der Waals surface area contributed by atoms with Crippen molar-refractivity contribution in [2.24, 2.45) is 0 Å². The Balaban J connectivity index is 3.70. The zero-order chi connectivity index (χ0) is 8.85. The average Bonchev–Trinajstić information content (AvgIpc) is 1.87. The fourth-order valence-corrected chi connectivity index (χ4v) is 0.525. The molecule has 0 aromatic rings. The van der Waals surface area contributed by atoms with Crippen molar-refractivity contribution in [3.05, 3.63) is 0 Å². The van der Waals surface area contributed by atoms with Gasteiger partial charge in [-0.25, -0.2) is 5.43 Å². The summed E-state index contributed by atoms with van der Waals surface area (Å²) in [6.07, 6.45) is -0.322. The summed E-state index contributed by atoms with van der Waals surface area (Å²) in [7, 11) is 0. The first-order chi connectivity index (χ1) is 5.07. The van der Waals surface area contributed by atoms with Crippen molar-refractivity contribution in [1.82, 2.24) is 11.3 Å². The van der Waals surface area contributed by atoms with Crippen LogP contribution in [0.15, 0.2) is 0 Å². The van der Waals surface area contributed by atoms with Crippen molar-refractivity contribution in [2.75, 3.05) is 0 Å². The third-order valence-electron chi connectivity index (χ3n) is 1.12. The second-order valence-corrected chi connectivity index (χ2v) is 1.97. The Morgan fingerprint density at radius 1 is 1.45 bits per heavy atom. The summed E-state index contributed by atoms with van der Waals surface area (Å²) in [6, 6.07) is -1.09. The van der Waals surface area contributed by atoms with Crippen LogP contribution in [0.25, 0.3) is 0 Å². The first-order valence-electron chi connectivity index (χ1n) is 2.94. The van der Waals surface area contributed by atoms with E-state index in [0.29, 0.717) is 0 Å². The third-order valence-corrected chi connectivity index (χ3v) is 1.12. The molecule has 63 valence electrons. The van der Waals surface area contributed by atoms with Crippen LogP contribution >= 0.6 is 0 Å². The molecule has 6 heteroatoms. The molecule has 11 heavy (non-hydrogen) atoms. The molecule has 6 nitrogen and oxygen atoms in total. The standard InChI is InChI=1S/C5H9N2O4/c6-7-3(5(10)11)1-2-4(8)9/h3,6-7H,1-2H2,(H,8,9)(H,10,11)/t3-/m0/s1. The molecule has 0 aromatic heterocycles. The van der Waals surface area contributed by atoms with Crippen molar-refractivity contribution in [2.45, 2.75) is 18.9 Å². The van der Waals surface area contributed by atoms with Gasteiger partial charge in [-0.3, -0.25) is 9.59 Å². The van der Waals surface area contributed by atoms with E-state index in [4.69, 9.17) is 16.1 Å². The summed E-state index contributed by atoms with van der Waals surface area (Å²) in [6.45, 7) is 0. The van der Waals surface area contributed by atoms with Crippen molar-refractivity contribution < 1.29 is 19.8 Å². The van der Waals surface area contributed by atoms with Gasteiger partial charge in [0.15, 0.2) is 0 Å². The Morgan fingerprint density at radius 2 is 2.00 bits per heavy atom.